The molecule has 2 nitrogen and oxygen atoms in total. The van der Waals surface area contributed by atoms with Gasteiger partial charge >= 0.3 is 0 Å². The third kappa shape index (κ3) is 3.90. The van der Waals surface area contributed by atoms with Gasteiger partial charge in [0, 0.05) is 5.56 Å². The Labute approximate surface area is 164 Å². The third-order valence-electron chi connectivity index (χ3n) is 5.47. The Morgan fingerprint density at radius 3 is 2.37 bits per heavy atom. The van der Waals surface area contributed by atoms with Crippen LogP contribution in [-0.2, 0) is 18.9 Å². The minimum atomic E-state index is 0.124. The topological polar surface area (TPSA) is 16.8 Å². The first kappa shape index (κ1) is 19.5. The molecule has 0 fully saturated rings. The highest BCUT2D eigenvalue weighted by Gasteiger charge is 2.22. The minimum Gasteiger partial charge on any atom is -0.232 e. The molecule has 2 heteroatoms. The van der Waals surface area contributed by atoms with E-state index in [0.29, 0.717) is 5.92 Å². The van der Waals surface area contributed by atoms with Gasteiger partial charge in [-0.25, -0.2) is 4.57 Å². The standard InChI is InChI=1S/C25H33N2/c1-16(2)11-19-9-10-21-23(13-19)26-15-27(8)24(21)22-14-20(25(5,6)7)12-17(3)18(22)4/h9-10,12-16H,11H2,1-8H3/q+1. The van der Waals surface area contributed by atoms with Gasteiger partial charge < -0.3 is 0 Å². The van der Waals surface area contributed by atoms with E-state index >= 15 is 0 Å². The normalized spacial score (nSPS) is 12.2. The van der Waals surface area contributed by atoms with Gasteiger partial charge in [-0.2, -0.15) is 0 Å². The number of aryl methyl sites for hydroxylation is 2. The maximum atomic E-state index is 4.72. The number of fused-ring (bicyclic) bond motifs is 1. The van der Waals surface area contributed by atoms with Crippen LogP contribution in [0.15, 0.2) is 36.7 Å². The van der Waals surface area contributed by atoms with Crippen LogP contribution in [0, 0.1) is 19.8 Å². The summed E-state index contributed by atoms with van der Waals surface area (Å²) >= 11 is 0. The lowest BCUT2D eigenvalue weighted by Gasteiger charge is -2.22. The van der Waals surface area contributed by atoms with Crippen molar-refractivity contribution in [2.24, 2.45) is 13.0 Å². The van der Waals surface area contributed by atoms with Crippen molar-refractivity contribution >= 4 is 10.9 Å². The minimum absolute atomic E-state index is 0.124. The van der Waals surface area contributed by atoms with Gasteiger partial charge in [0.05, 0.1) is 12.4 Å². The predicted octanol–water partition coefficient (Wildman–Crippen LogP) is 5.84. The quantitative estimate of drug-likeness (QED) is 0.536. The van der Waals surface area contributed by atoms with E-state index < -0.39 is 0 Å². The number of aromatic nitrogens is 2. The van der Waals surface area contributed by atoms with Crippen LogP contribution in [0.2, 0.25) is 0 Å². The van der Waals surface area contributed by atoms with Crippen molar-refractivity contribution in [1.82, 2.24) is 4.98 Å². The van der Waals surface area contributed by atoms with Crippen molar-refractivity contribution < 1.29 is 4.57 Å². The van der Waals surface area contributed by atoms with Crippen molar-refractivity contribution in [2.75, 3.05) is 0 Å². The first-order valence-corrected chi connectivity index (χ1v) is 9.97. The van der Waals surface area contributed by atoms with Crippen molar-refractivity contribution in [3.8, 4) is 11.3 Å². The molecule has 0 N–H and O–H groups in total. The zero-order valence-corrected chi connectivity index (χ0v) is 18.1. The molecule has 0 radical (unpaired) electrons. The number of hydrogen-bond acceptors (Lipinski definition) is 1. The fourth-order valence-corrected chi connectivity index (χ4v) is 3.75. The first-order chi connectivity index (χ1) is 12.6. The van der Waals surface area contributed by atoms with Crippen molar-refractivity contribution in [2.45, 2.75) is 60.3 Å². The zero-order chi connectivity index (χ0) is 19.9. The van der Waals surface area contributed by atoms with Gasteiger partial charge in [0.2, 0.25) is 0 Å². The fourth-order valence-electron chi connectivity index (χ4n) is 3.75. The van der Waals surface area contributed by atoms with E-state index in [2.05, 4.69) is 90.4 Å². The van der Waals surface area contributed by atoms with E-state index in [0.717, 1.165) is 11.9 Å². The largest absolute Gasteiger partial charge is 0.287 e. The summed E-state index contributed by atoms with van der Waals surface area (Å²) < 4.78 is 2.17. The van der Waals surface area contributed by atoms with Gasteiger partial charge in [-0.15, -0.1) is 0 Å². The molecule has 0 unspecified atom stereocenters. The molecule has 142 valence electrons. The predicted molar refractivity (Wildman–Crippen MR) is 115 cm³/mol. The van der Waals surface area contributed by atoms with E-state index in [9.17, 15) is 0 Å². The van der Waals surface area contributed by atoms with Crippen LogP contribution in [0.3, 0.4) is 0 Å². The lowest BCUT2D eigenvalue weighted by Crippen LogP contribution is -2.32. The van der Waals surface area contributed by atoms with Crippen LogP contribution in [0.5, 0.6) is 0 Å². The number of hydrogen-bond donors (Lipinski definition) is 0. The second-order valence-electron chi connectivity index (χ2n) is 9.37. The molecule has 0 bridgehead atoms. The lowest BCUT2D eigenvalue weighted by molar-refractivity contribution is -0.662. The van der Waals surface area contributed by atoms with E-state index in [1.807, 2.05) is 6.33 Å². The van der Waals surface area contributed by atoms with Crippen LogP contribution < -0.4 is 4.57 Å². The summed E-state index contributed by atoms with van der Waals surface area (Å²) in [5.41, 5.74) is 9.20. The summed E-state index contributed by atoms with van der Waals surface area (Å²) in [6.45, 7) is 15.8. The second kappa shape index (κ2) is 7.07. The van der Waals surface area contributed by atoms with E-state index in [4.69, 9.17) is 4.98 Å². The maximum Gasteiger partial charge on any atom is 0.287 e. The molecule has 2 aromatic carbocycles. The Hall–Kier alpha value is -2.22. The number of rotatable bonds is 3. The molecule has 0 atom stereocenters. The summed E-state index contributed by atoms with van der Waals surface area (Å²) in [5.74, 6) is 0.648. The van der Waals surface area contributed by atoms with E-state index in [1.54, 1.807) is 0 Å². The average molecular weight is 362 g/mol. The fraction of sp³-hybridized carbons (Fsp3) is 0.440. The van der Waals surface area contributed by atoms with E-state index in [-0.39, 0.29) is 5.41 Å². The molecule has 3 rings (SSSR count). The summed E-state index contributed by atoms with van der Waals surface area (Å²) in [6, 6.07) is 11.5. The highest BCUT2D eigenvalue weighted by Crippen LogP contribution is 2.34. The summed E-state index contributed by atoms with van der Waals surface area (Å²) in [6.07, 6.45) is 3.04. The van der Waals surface area contributed by atoms with Gasteiger partial charge in [0.1, 0.15) is 5.69 Å². The molecule has 0 aliphatic heterocycles. The summed E-state index contributed by atoms with van der Waals surface area (Å²) in [5, 5.41) is 1.22. The molecular formula is C25H33N2+. The zero-order valence-electron chi connectivity index (χ0n) is 18.1. The summed E-state index contributed by atoms with van der Waals surface area (Å²) in [4.78, 5) is 4.72. The van der Waals surface area contributed by atoms with Gasteiger partial charge in [-0.3, -0.25) is 0 Å². The van der Waals surface area contributed by atoms with Crippen LogP contribution in [0.25, 0.3) is 22.2 Å². The Morgan fingerprint density at radius 1 is 1.04 bits per heavy atom. The highest BCUT2D eigenvalue weighted by atomic mass is 15.0. The highest BCUT2D eigenvalue weighted by molar-refractivity contribution is 5.92. The third-order valence-corrected chi connectivity index (χ3v) is 5.47. The molecule has 1 aromatic heterocycles. The molecule has 0 saturated heterocycles. The molecule has 3 aromatic rings. The van der Waals surface area contributed by atoms with Gasteiger partial charge in [-0.05, 0) is 77.0 Å². The van der Waals surface area contributed by atoms with Gasteiger partial charge in [0.25, 0.3) is 6.33 Å². The van der Waals surface area contributed by atoms with Gasteiger partial charge in [-0.1, -0.05) is 46.8 Å². The van der Waals surface area contributed by atoms with Crippen LogP contribution in [0.1, 0.15) is 56.9 Å². The van der Waals surface area contributed by atoms with Crippen molar-refractivity contribution in [1.29, 1.82) is 0 Å². The van der Waals surface area contributed by atoms with Crippen molar-refractivity contribution in [3.63, 3.8) is 0 Å². The molecule has 1 heterocycles. The van der Waals surface area contributed by atoms with Gasteiger partial charge in [0.15, 0.2) is 5.52 Å². The molecular weight excluding hydrogens is 328 g/mol. The molecule has 0 aliphatic rings. The smallest absolute Gasteiger partial charge is 0.232 e. The maximum absolute atomic E-state index is 4.72. The monoisotopic (exact) mass is 361 g/mol. The molecule has 0 spiro atoms. The molecule has 27 heavy (non-hydrogen) atoms. The second-order valence-corrected chi connectivity index (χ2v) is 9.37. The Bertz CT molecular complexity index is 991. The molecule has 0 aliphatic carbocycles. The first-order valence-electron chi connectivity index (χ1n) is 9.97. The SMILES string of the molecule is Cc1cc(C(C)(C)C)cc(-c2c3ccc(CC(C)C)cc3nc[n+]2C)c1C. The molecule has 0 amide bonds. The average Bonchev–Trinajstić information content (AvgIpc) is 2.56. The number of benzene rings is 2. The van der Waals surface area contributed by atoms with Crippen LogP contribution in [-0.4, -0.2) is 4.98 Å². The van der Waals surface area contributed by atoms with Crippen molar-refractivity contribution in [3.05, 3.63) is 58.9 Å². The Kier molecular flexibility index (Phi) is 5.12. The Morgan fingerprint density at radius 2 is 1.74 bits per heavy atom. The lowest BCUT2D eigenvalue weighted by atomic mass is 9.83. The van der Waals surface area contributed by atoms with Crippen LogP contribution >= 0.6 is 0 Å². The van der Waals surface area contributed by atoms with Crippen LogP contribution in [0.4, 0.5) is 0 Å². The summed E-state index contributed by atoms with van der Waals surface area (Å²) in [7, 11) is 2.10. The molecule has 0 saturated carbocycles. The Balaban J connectivity index is 2.28. The van der Waals surface area contributed by atoms with E-state index in [1.165, 1.54) is 38.9 Å². The number of nitrogens with zero attached hydrogens (tertiary/aromatic N) is 2.